The molecule has 2 aliphatic heterocycles. The van der Waals surface area contributed by atoms with Crippen LogP contribution in [0.2, 0.25) is 0 Å². The number of aliphatic imine (C=N–C) groups is 1. The zero-order valence-electron chi connectivity index (χ0n) is 16.2. The van der Waals surface area contributed by atoms with Crippen molar-refractivity contribution in [2.45, 2.75) is 31.6 Å². The van der Waals surface area contributed by atoms with Crippen molar-refractivity contribution in [3.05, 3.63) is 65.7 Å². The van der Waals surface area contributed by atoms with Crippen molar-refractivity contribution in [3.63, 3.8) is 0 Å². The number of ether oxygens (including phenoxy) is 1. The third-order valence-corrected chi connectivity index (χ3v) is 5.85. The molecule has 2 aromatic rings. The van der Waals surface area contributed by atoms with Crippen LogP contribution in [0.4, 0.5) is 5.69 Å². The highest BCUT2D eigenvalue weighted by Crippen LogP contribution is 2.35. The molecule has 27 heavy (non-hydrogen) atoms. The van der Waals surface area contributed by atoms with E-state index in [4.69, 9.17) is 9.73 Å². The molecule has 4 nitrogen and oxygen atoms in total. The van der Waals surface area contributed by atoms with E-state index < -0.39 is 0 Å². The molecule has 1 fully saturated rings. The summed E-state index contributed by atoms with van der Waals surface area (Å²) in [6.45, 7) is 6.42. The van der Waals surface area contributed by atoms with Gasteiger partial charge in [0.15, 0.2) is 5.96 Å². The molecule has 2 aliphatic rings. The number of para-hydroxylation sites is 1. The molecule has 4 rings (SSSR count). The van der Waals surface area contributed by atoms with Gasteiger partial charge >= 0.3 is 0 Å². The molecule has 2 aromatic carbocycles. The van der Waals surface area contributed by atoms with Gasteiger partial charge in [-0.1, -0.05) is 48.5 Å². The van der Waals surface area contributed by atoms with Gasteiger partial charge in [0.1, 0.15) is 0 Å². The average molecular weight is 364 g/mol. The van der Waals surface area contributed by atoms with Crippen molar-refractivity contribution in [3.8, 4) is 0 Å². The van der Waals surface area contributed by atoms with Crippen molar-refractivity contribution in [2.24, 2.45) is 4.99 Å². The summed E-state index contributed by atoms with van der Waals surface area (Å²) in [4.78, 5) is 7.49. The fourth-order valence-electron chi connectivity index (χ4n) is 4.27. The normalized spacial score (nSPS) is 19.0. The zero-order chi connectivity index (χ0) is 18.5. The number of hydrogen-bond donors (Lipinski definition) is 1. The lowest BCUT2D eigenvalue weighted by molar-refractivity contribution is 0.0531. The SMILES string of the molecule is CCNC(=NCC1(c2ccccc2)CCOCC1)N1CCc2ccccc21. The summed E-state index contributed by atoms with van der Waals surface area (Å²) in [5, 5.41) is 3.52. The van der Waals surface area contributed by atoms with Gasteiger partial charge in [-0.05, 0) is 43.4 Å². The summed E-state index contributed by atoms with van der Waals surface area (Å²) in [7, 11) is 0. The summed E-state index contributed by atoms with van der Waals surface area (Å²) in [6.07, 6.45) is 3.13. The van der Waals surface area contributed by atoms with Gasteiger partial charge in [-0.3, -0.25) is 4.99 Å². The Bertz CT molecular complexity index is 781. The van der Waals surface area contributed by atoms with E-state index in [1.807, 2.05) is 0 Å². The second-order valence-electron chi connectivity index (χ2n) is 7.46. The van der Waals surface area contributed by atoms with Crippen LogP contribution in [0.5, 0.6) is 0 Å². The molecule has 0 radical (unpaired) electrons. The molecule has 1 saturated heterocycles. The van der Waals surface area contributed by atoms with E-state index in [1.54, 1.807) is 0 Å². The van der Waals surface area contributed by atoms with Crippen molar-refractivity contribution >= 4 is 11.6 Å². The van der Waals surface area contributed by atoms with Crippen LogP contribution in [0.1, 0.15) is 30.9 Å². The first-order valence-corrected chi connectivity index (χ1v) is 10.1. The quantitative estimate of drug-likeness (QED) is 0.664. The fraction of sp³-hybridized carbons (Fsp3) is 0.435. The first-order chi connectivity index (χ1) is 13.3. The maximum atomic E-state index is 5.67. The third kappa shape index (κ3) is 3.72. The summed E-state index contributed by atoms with van der Waals surface area (Å²) in [5.74, 6) is 1.00. The molecule has 4 heteroatoms. The average Bonchev–Trinajstić information content (AvgIpc) is 3.16. The molecule has 0 aliphatic carbocycles. The molecule has 0 saturated carbocycles. The lowest BCUT2D eigenvalue weighted by Gasteiger charge is -2.37. The van der Waals surface area contributed by atoms with Crippen LogP contribution in [0.25, 0.3) is 0 Å². The van der Waals surface area contributed by atoms with Gasteiger partial charge < -0.3 is 15.0 Å². The Labute approximate surface area is 162 Å². The Hall–Kier alpha value is -2.33. The van der Waals surface area contributed by atoms with Crippen molar-refractivity contribution < 1.29 is 4.74 Å². The minimum Gasteiger partial charge on any atom is -0.381 e. The van der Waals surface area contributed by atoms with Crippen LogP contribution in [0.15, 0.2) is 59.6 Å². The smallest absolute Gasteiger partial charge is 0.198 e. The summed E-state index contributed by atoms with van der Waals surface area (Å²) < 4.78 is 5.67. The highest BCUT2D eigenvalue weighted by molar-refractivity contribution is 5.98. The van der Waals surface area contributed by atoms with Gasteiger partial charge in [0.2, 0.25) is 0 Å². The molecule has 0 unspecified atom stereocenters. The number of fused-ring (bicyclic) bond motifs is 1. The van der Waals surface area contributed by atoms with E-state index in [1.165, 1.54) is 16.8 Å². The Kier molecular flexibility index (Phi) is 5.44. The van der Waals surface area contributed by atoms with Crippen molar-refractivity contribution in [1.29, 1.82) is 0 Å². The predicted octanol–water partition coefficient (Wildman–Crippen LogP) is 3.76. The summed E-state index contributed by atoms with van der Waals surface area (Å²) in [5.41, 5.74) is 4.15. The van der Waals surface area contributed by atoms with Gasteiger partial charge in [-0.15, -0.1) is 0 Å². The summed E-state index contributed by atoms with van der Waals surface area (Å²) >= 11 is 0. The molecule has 142 valence electrons. The standard InChI is InChI=1S/C23H29N3O/c1-2-24-22(26-15-12-19-8-6-7-11-21(19)26)25-18-23(13-16-27-17-14-23)20-9-4-3-5-10-20/h3-11H,2,12-18H2,1H3,(H,24,25). The third-order valence-electron chi connectivity index (χ3n) is 5.85. The minimum absolute atomic E-state index is 0.0689. The number of nitrogens with one attached hydrogen (secondary N) is 1. The van der Waals surface area contributed by atoms with Gasteiger partial charge in [-0.25, -0.2) is 0 Å². The molecule has 0 spiro atoms. The monoisotopic (exact) mass is 363 g/mol. The maximum Gasteiger partial charge on any atom is 0.198 e. The largest absolute Gasteiger partial charge is 0.381 e. The molecule has 0 aromatic heterocycles. The number of hydrogen-bond acceptors (Lipinski definition) is 2. The van der Waals surface area contributed by atoms with E-state index in [0.717, 1.165) is 58.1 Å². The Morgan fingerprint density at radius 3 is 2.59 bits per heavy atom. The molecular weight excluding hydrogens is 334 g/mol. The fourth-order valence-corrected chi connectivity index (χ4v) is 4.27. The van der Waals surface area contributed by atoms with Crippen molar-refractivity contribution in [2.75, 3.05) is 37.7 Å². The molecule has 0 bridgehead atoms. The molecular formula is C23H29N3O. The highest BCUT2D eigenvalue weighted by atomic mass is 16.5. The highest BCUT2D eigenvalue weighted by Gasteiger charge is 2.35. The zero-order valence-corrected chi connectivity index (χ0v) is 16.2. The van der Waals surface area contributed by atoms with E-state index in [0.29, 0.717) is 0 Å². The lowest BCUT2D eigenvalue weighted by atomic mass is 9.74. The van der Waals surface area contributed by atoms with E-state index >= 15 is 0 Å². The second-order valence-corrected chi connectivity index (χ2v) is 7.46. The topological polar surface area (TPSA) is 36.9 Å². The number of anilines is 1. The van der Waals surface area contributed by atoms with Crippen molar-refractivity contribution in [1.82, 2.24) is 5.32 Å². The number of rotatable bonds is 4. The predicted molar refractivity (Wildman–Crippen MR) is 112 cm³/mol. The number of benzene rings is 2. The van der Waals surface area contributed by atoms with Gasteiger partial charge in [0, 0.05) is 37.4 Å². The molecule has 0 amide bonds. The minimum atomic E-state index is 0.0689. The Morgan fingerprint density at radius 1 is 1.07 bits per heavy atom. The Morgan fingerprint density at radius 2 is 1.81 bits per heavy atom. The molecule has 2 heterocycles. The van der Waals surface area contributed by atoms with Crippen LogP contribution in [0.3, 0.4) is 0 Å². The van der Waals surface area contributed by atoms with Crippen LogP contribution < -0.4 is 10.2 Å². The first kappa shape index (κ1) is 18.1. The number of guanidine groups is 1. The van der Waals surface area contributed by atoms with E-state index in [2.05, 4.69) is 71.7 Å². The van der Waals surface area contributed by atoms with Crippen LogP contribution >= 0.6 is 0 Å². The van der Waals surface area contributed by atoms with Gasteiger partial charge in [-0.2, -0.15) is 0 Å². The Balaban J connectivity index is 1.63. The summed E-state index contributed by atoms with van der Waals surface area (Å²) in [6, 6.07) is 19.5. The molecule has 1 N–H and O–H groups in total. The van der Waals surface area contributed by atoms with E-state index in [9.17, 15) is 0 Å². The van der Waals surface area contributed by atoms with Crippen LogP contribution in [-0.2, 0) is 16.6 Å². The van der Waals surface area contributed by atoms with Gasteiger partial charge in [0.25, 0.3) is 0 Å². The van der Waals surface area contributed by atoms with Crippen LogP contribution in [-0.4, -0.2) is 38.8 Å². The maximum absolute atomic E-state index is 5.67. The second kappa shape index (κ2) is 8.13. The van der Waals surface area contributed by atoms with E-state index in [-0.39, 0.29) is 5.41 Å². The van der Waals surface area contributed by atoms with Crippen LogP contribution in [0, 0.1) is 0 Å². The lowest BCUT2D eigenvalue weighted by Crippen LogP contribution is -2.43. The number of nitrogens with zero attached hydrogens (tertiary/aromatic N) is 2. The first-order valence-electron chi connectivity index (χ1n) is 10.1. The van der Waals surface area contributed by atoms with Gasteiger partial charge in [0.05, 0.1) is 6.54 Å². The molecule has 0 atom stereocenters.